The van der Waals surface area contributed by atoms with Gasteiger partial charge in [-0.25, -0.2) is 9.78 Å². The molecule has 0 bridgehead atoms. The molecule has 1 aromatic carbocycles. The van der Waals surface area contributed by atoms with E-state index in [1.54, 1.807) is 17.2 Å². The van der Waals surface area contributed by atoms with E-state index in [0.717, 1.165) is 25.0 Å². The van der Waals surface area contributed by atoms with Gasteiger partial charge in [-0.3, -0.25) is 4.79 Å². The minimum atomic E-state index is -4.39. The third-order valence-corrected chi connectivity index (χ3v) is 5.67. The van der Waals surface area contributed by atoms with E-state index >= 15 is 0 Å². The summed E-state index contributed by atoms with van der Waals surface area (Å²) < 4.78 is 43.2. The Morgan fingerprint density at radius 1 is 1.24 bits per heavy atom. The number of thiazole rings is 1. The number of ether oxygens (including phenoxy) is 1. The van der Waals surface area contributed by atoms with Crippen molar-refractivity contribution in [2.75, 3.05) is 13.2 Å². The van der Waals surface area contributed by atoms with Crippen LogP contribution in [0.5, 0.6) is 0 Å². The number of carbonyl (C=O) groups excluding carboxylic acids is 2. The van der Waals surface area contributed by atoms with Crippen molar-refractivity contribution >= 4 is 23.2 Å². The third kappa shape index (κ3) is 5.14. The number of hydrogen-bond acceptors (Lipinski definition) is 5. The molecule has 156 valence electrons. The van der Waals surface area contributed by atoms with E-state index < -0.39 is 17.8 Å². The highest BCUT2D eigenvalue weighted by molar-refractivity contribution is 7.13. The Bertz CT molecular complexity index is 865. The highest BCUT2D eigenvalue weighted by atomic mass is 32.1. The lowest BCUT2D eigenvalue weighted by Gasteiger charge is -2.33. The number of amides is 1. The van der Waals surface area contributed by atoms with E-state index in [0.29, 0.717) is 29.2 Å². The lowest BCUT2D eigenvalue weighted by Crippen LogP contribution is -2.49. The molecular weight excluding hydrogens is 405 g/mol. The number of benzene rings is 1. The normalized spacial score (nSPS) is 17.2. The van der Waals surface area contributed by atoms with E-state index in [9.17, 15) is 22.8 Å². The van der Waals surface area contributed by atoms with E-state index in [-0.39, 0.29) is 24.9 Å². The highest BCUT2D eigenvalue weighted by Crippen LogP contribution is 2.32. The average Bonchev–Trinajstić information content (AvgIpc) is 3.16. The molecule has 3 rings (SSSR count). The van der Waals surface area contributed by atoms with Crippen molar-refractivity contribution in [3.05, 3.63) is 40.9 Å². The zero-order valence-electron chi connectivity index (χ0n) is 15.9. The van der Waals surface area contributed by atoms with Crippen LogP contribution in [0.4, 0.5) is 13.2 Å². The van der Waals surface area contributed by atoms with Crippen molar-refractivity contribution in [1.29, 1.82) is 0 Å². The number of carbonyl (C=O) groups is 2. The number of rotatable bonds is 5. The molecule has 0 spiro atoms. The van der Waals surface area contributed by atoms with Gasteiger partial charge in [0, 0.05) is 17.5 Å². The number of likely N-dealkylation sites (tertiary alicyclic amines) is 1. The largest absolute Gasteiger partial charge is 0.464 e. The number of nitrogens with zero attached hydrogens (tertiary/aromatic N) is 2. The minimum Gasteiger partial charge on any atom is -0.464 e. The van der Waals surface area contributed by atoms with Gasteiger partial charge in [-0.1, -0.05) is 12.1 Å². The van der Waals surface area contributed by atoms with Crippen LogP contribution in [-0.2, 0) is 26.9 Å². The van der Waals surface area contributed by atoms with Gasteiger partial charge in [-0.15, -0.1) is 11.3 Å². The minimum absolute atomic E-state index is 0.0348. The Morgan fingerprint density at radius 3 is 2.62 bits per heavy atom. The third-order valence-electron chi connectivity index (χ3n) is 4.73. The van der Waals surface area contributed by atoms with Crippen molar-refractivity contribution in [3.8, 4) is 10.6 Å². The van der Waals surface area contributed by atoms with Crippen molar-refractivity contribution < 1.29 is 27.5 Å². The van der Waals surface area contributed by atoms with Crippen LogP contribution in [0.15, 0.2) is 29.6 Å². The molecule has 0 N–H and O–H groups in total. The Labute approximate surface area is 170 Å². The SMILES string of the molecule is CCOC(=O)C1CCCCN1C(=O)Cc1csc(-c2ccc(C(F)(F)F)cc2)n1. The molecule has 1 amide bonds. The Morgan fingerprint density at radius 2 is 1.97 bits per heavy atom. The lowest BCUT2D eigenvalue weighted by molar-refractivity contribution is -0.156. The maximum atomic E-state index is 12.7. The summed E-state index contributed by atoms with van der Waals surface area (Å²) in [7, 11) is 0. The first kappa shape index (κ1) is 21.3. The first-order chi connectivity index (χ1) is 13.8. The predicted molar refractivity (Wildman–Crippen MR) is 102 cm³/mol. The van der Waals surface area contributed by atoms with Gasteiger partial charge >= 0.3 is 12.1 Å². The summed E-state index contributed by atoms with van der Waals surface area (Å²) in [4.78, 5) is 30.8. The van der Waals surface area contributed by atoms with Crippen LogP contribution in [-0.4, -0.2) is 41.0 Å². The molecule has 1 saturated heterocycles. The Balaban J connectivity index is 1.69. The van der Waals surface area contributed by atoms with Crippen molar-refractivity contribution in [2.24, 2.45) is 0 Å². The topological polar surface area (TPSA) is 59.5 Å². The fourth-order valence-electron chi connectivity index (χ4n) is 3.29. The Kier molecular flexibility index (Phi) is 6.56. The van der Waals surface area contributed by atoms with Gasteiger partial charge < -0.3 is 9.64 Å². The first-order valence-electron chi connectivity index (χ1n) is 9.37. The molecule has 1 unspecified atom stereocenters. The summed E-state index contributed by atoms with van der Waals surface area (Å²) >= 11 is 1.27. The monoisotopic (exact) mass is 426 g/mol. The van der Waals surface area contributed by atoms with Gasteiger partial charge in [0.15, 0.2) is 0 Å². The molecule has 0 saturated carbocycles. The van der Waals surface area contributed by atoms with Crippen LogP contribution in [0.2, 0.25) is 0 Å². The average molecular weight is 426 g/mol. The number of halogens is 3. The molecular formula is C20H21F3N2O3S. The molecule has 5 nitrogen and oxygen atoms in total. The second kappa shape index (κ2) is 8.94. The van der Waals surface area contributed by atoms with Gasteiger partial charge in [0.05, 0.1) is 24.3 Å². The molecule has 0 aliphatic carbocycles. The van der Waals surface area contributed by atoms with Crippen LogP contribution >= 0.6 is 11.3 Å². The van der Waals surface area contributed by atoms with Crippen LogP contribution < -0.4 is 0 Å². The van der Waals surface area contributed by atoms with Crippen LogP contribution in [0.1, 0.15) is 37.4 Å². The molecule has 2 aromatic rings. The van der Waals surface area contributed by atoms with E-state index in [2.05, 4.69) is 4.98 Å². The predicted octanol–water partition coefficient (Wildman–Crippen LogP) is 4.32. The number of hydrogen-bond donors (Lipinski definition) is 0. The van der Waals surface area contributed by atoms with E-state index in [1.807, 2.05) is 0 Å². The van der Waals surface area contributed by atoms with E-state index in [4.69, 9.17) is 4.74 Å². The van der Waals surface area contributed by atoms with Crippen LogP contribution in [0.3, 0.4) is 0 Å². The molecule has 1 aromatic heterocycles. The Hall–Kier alpha value is -2.42. The maximum Gasteiger partial charge on any atom is 0.416 e. The highest BCUT2D eigenvalue weighted by Gasteiger charge is 2.33. The lowest BCUT2D eigenvalue weighted by atomic mass is 10.0. The molecule has 29 heavy (non-hydrogen) atoms. The van der Waals surface area contributed by atoms with Gasteiger partial charge in [0.25, 0.3) is 0 Å². The summed E-state index contributed by atoms with van der Waals surface area (Å²) in [5, 5.41) is 2.26. The molecule has 0 radical (unpaired) electrons. The van der Waals surface area contributed by atoms with E-state index in [1.165, 1.54) is 23.5 Å². The summed E-state index contributed by atoms with van der Waals surface area (Å²) in [5.74, 6) is -0.587. The molecule has 1 aliphatic heterocycles. The first-order valence-corrected chi connectivity index (χ1v) is 10.3. The number of piperidine rings is 1. The zero-order valence-corrected chi connectivity index (χ0v) is 16.7. The second-order valence-corrected chi connectivity index (χ2v) is 7.60. The smallest absolute Gasteiger partial charge is 0.416 e. The number of aromatic nitrogens is 1. The maximum absolute atomic E-state index is 12.7. The van der Waals surface area contributed by atoms with Crippen molar-refractivity contribution in [3.63, 3.8) is 0 Å². The molecule has 2 heterocycles. The van der Waals surface area contributed by atoms with Crippen molar-refractivity contribution in [1.82, 2.24) is 9.88 Å². The zero-order chi connectivity index (χ0) is 21.0. The summed E-state index contributed by atoms with van der Waals surface area (Å²) in [6, 6.07) is 4.20. The summed E-state index contributed by atoms with van der Waals surface area (Å²) in [6.07, 6.45) is -2.08. The van der Waals surface area contributed by atoms with Crippen molar-refractivity contribution in [2.45, 2.75) is 44.8 Å². The fourth-order valence-corrected chi connectivity index (χ4v) is 4.12. The van der Waals surface area contributed by atoms with Crippen LogP contribution in [0, 0.1) is 0 Å². The molecule has 9 heteroatoms. The number of alkyl halides is 3. The fraction of sp³-hybridized carbons (Fsp3) is 0.450. The van der Waals surface area contributed by atoms with Gasteiger partial charge in [0.1, 0.15) is 11.0 Å². The van der Waals surface area contributed by atoms with Gasteiger partial charge in [-0.2, -0.15) is 13.2 Å². The summed E-state index contributed by atoms with van der Waals surface area (Å²) in [6.45, 7) is 2.49. The summed E-state index contributed by atoms with van der Waals surface area (Å²) in [5.41, 5.74) is 0.371. The standard InChI is InChI=1S/C20H21F3N2O3S/c1-2-28-19(27)16-5-3-4-10-25(16)17(26)11-15-12-29-18(24-15)13-6-8-14(9-7-13)20(21,22)23/h6-9,12,16H,2-5,10-11H2,1H3. The molecule has 1 fully saturated rings. The quantitative estimate of drug-likeness (QED) is 0.669. The molecule has 1 atom stereocenters. The number of esters is 1. The van der Waals surface area contributed by atoms with Gasteiger partial charge in [0.2, 0.25) is 5.91 Å². The van der Waals surface area contributed by atoms with Gasteiger partial charge in [-0.05, 0) is 38.3 Å². The second-order valence-electron chi connectivity index (χ2n) is 6.75. The van der Waals surface area contributed by atoms with Crippen LogP contribution in [0.25, 0.3) is 10.6 Å². The molecule has 1 aliphatic rings.